The molecule has 0 unspecified atom stereocenters. The molecular weight excluding hydrogens is 199 g/mol. The molecule has 0 atom stereocenters. The van der Waals surface area contributed by atoms with Gasteiger partial charge in [-0.25, -0.2) is 0 Å². The van der Waals surface area contributed by atoms with E-state index >= 15 is 0 Å². The third kappa shape index (κ3) is 15.5. The summed E-state index contributed by atoms with van der Waals surface area (Å²) in [6, 6.07) is 0. The zero-order valence-electron chi connectivity index (χ0n) is 9.77. The number of halogens is 1. The van der Waals surface area contributed by atoms with Crippen molar-refractivity contribution in [2.45, 2.75) is 45.4 Å². The van der Waals surface area contributed by atoms with E-state index in [-0.39, 0.29) is 12.4 Å². The fourth-order valence-electron chi connectivity index (χ4n) is 1.37. The molecule has 0 saturated heterocycles. The SMILES string of the molecule is CCCCCCCC[P+](C)(C)C.[Cl-]. The molecule has 82 valence electrons. The minimum Gasteiger partial charge on any atom is -1.00 e. The molecule has 0 aliphatic rings. The molecule has 0 amide bonds. The highest BCUT2D eigenvalue weighted by molar-refractivity contribution is 7.73. The Balaban J connectivity index is 0. The number of rotatable bonds is 7. The van der Waals surface area contributed by atoms with Crippen LogP contribution in [-0.2, 0) is 0 Å². The second-order valence-corrected chi connectivity index (χ2v) is 9.81. The standard InChI is InChI=1S/C11H26P.ClH/c1-5-6-7-8-9-10-11-12(2,3)4;/h5-11H2,1-4H3;1H/q+1;/p-1. The quantitative estimate of drug-likeness (QED) is 0.451. The Bertz CT molecular complexity index is 96.8. The first-order valence-electron chi connectivity index (χ1n) is 5.36. The summed E-state index contributed by atoms with van der Waals surface area (Å²) in [5.74, 6) is 0. The van der Waals surface area contributed by atoms with Crippen LogP contribution in [0.25, 0.3) is 0 Å². The number of unbranched alkanes of at least 4 members (excludes halogenated alkanes) is 5. The van der Waals surface area contributed by atoms with Crippen molar-refractivity contribution in [2.24, 2.45) is 0 Å². The summed E-state index contributed by atoms with van der Waals surface area (Å²) in [7, 11) is -0.471. The Hall–Kier alpha value is 0.720. The molecule has 0 bridgehead atoms. The molecule has 0 aliphatic heterocycles. The molecule has 0 spiro atoms. The number of hydrogen-bond acceptors (Lipinski definition) is 0. The van der Waals surface area contributed by atoms with Crippen molar-refractivity contribution < 1.29 is 12.4 Å². The van der Waals surface area contributed by atoms with Crippen molar-refractivity contribution in [3.63, 3.8) is 0 Å². The smallest absolute Gasteiger partial charge is 0.0586 e. The second kappa shape index (κ2) is 9.28. The van der Waals surface area contributed by atoms with E-state index < -0.39 is 7.26 Å². The summed E-state index contributed by atoms with van der Waals surface area (Å²) in [5.41, 5.74) is 0. The van der Waals surface area contributed by atoms with Gasteiger partial charge in [0, 0.05) is 27.3 Å². The van der Waals surface area contributed by atoms with Crippen LogP contribution in [0, 0.1) is 0 Å². The lowest BCUT2D eigenvalue weighted by atomic mass is 10.1. The average Bonchev–Trinajstić information content (AvgIpc) is 1.94. The predicted molar refractivity (Wildman–Crippen MR) is 62.9 cm³/mol. The summed E-state index contributed by atoms with van der Waals surface area (Å²) >= 11 is 0. The first-order chi connectivity index (χ1) is 5.56. The molecule has 0 heterocycles. The molecule has 0 aromatic carbocycles. The Kier molecular flexibility index (Phi) is 11.5. The summed E-state index contributed by atoms with van der Waals surface area (Å²) in [5, 5.41) is 0. The third-order valence-electron chi connectivity index (χ3n) is 2.18. The van der Waals surface area contributed by atoms with Crippen molar-refractivity contribution in [2.75, 3.05) is 26.2 Å². The number of hydrogen-bond donors (Lipinski definition) is 0. The zero-order valence-corrected chi connectivity index (χ0v) is 11.4. The highest BCUT2D eigenvalue weighted by Gasteiger charge is 2.15. The second-order valence-electron chi connectivity index (χ2n) is 4.78. The van der Waals surface area contributed by atoms with Gasteiger partial charge in [-0.05, 0) is 12.8 Å². The van der Waals surface area contributed by atoms with Gasteiger partial charge in [0.25, 0.3) is 0 Å². The normalized spacial score (nSPS) is 11.1. The van der Waals surface area contributed by atoms with Gasteiger partial charge in [0.15, 0.2) is 0 Å². The van der Waals surface area contributed by atoms with Gasteiger partial charge >= 0.3 is 0 Å². The van der Waals surface area contributed by atoms with Gasteiger partial charge in [-0.15, -0.1) is 0 Å². The fraction of sp³-hybridized carbons (Fsp3) is 1.00. The molecule has 13 heavy (non-hydrogen) atoms. The van der Waals surface area contributed by atoms with E-state index in [9.17, 15) is 0 Å². The van der Waals surface area contributed by atoms with E-state index in [4.69, 9.17) is 0 Å². The summed E-state index contributed by atoms with van der Waals surface area (Å²) in [6.07, 6.45) is 10.2. The van der Waals surface area contributed by atoms with Crippen molar-refractivity contribution >= 4 is 7.26 Å². The third-order valence-corrected chi connectivity index (χ3v) is 3.84. The maximum atomic E-state index is 2.44. The Morgan fingerprint density at radius 3 is 1.69 bits per heavy atom. The van der Waals surface area contributed by atoms with Crippen molar-refractivity contribution in [3.8, 4) is 0 Å². The molecule has 0 aromatic rings. The first-order valence-corrected chi connectivity index (χ1v) is 8.68. The highest BCUT2D eigenvalue weighted by Crippen LogP contribution is 2.47. The Morgan fingerprint density at radius 2 is 1.23 bits per heavy atom. The van der Waals surface area contributed by atoms with Crippen molar-refractivity contribution in [3.05, 3.63) is 0 Å². The van der Waals surface area contributed by atoms with Crippen LogP contribution in [-0.4, -0.2) is 26.2 Å². The molecule has 2 heteroatoms. The van der Waals surface area contributed by atoms with E-state index in [0.717, 1.165) is 0 Å². The van der Waals surface area contributed by atoms with Crippen molar-refractivity contribution in [1.82, 2.24) is 0 Å². The lowest BCUT2D eigenvalue weighted by Crippen LogP contribution is -3.00. The molecule has 0 N–H and O–H groups in total. The lowest BCUT2D eigenvalue weighted by molar-refractivity contribution is -0.00000301. The maximum Gasteiger partial charge on any atom is 0.0586 e. The minimum absolute atomic E-state index is 0. The van der Waals surface area contributed by atoms with Crippen LogP contribution in [0.3, 0.4) is 0 Å². The molecule has 0 radical (unpaired) electrons. The monoisotopic (exact) mass is 224 g/mol. The van der Waals surface area contributed by atoms with Crippen LogP contribution in [0.15, 0.2) is 0 Å². The van der Waals surface area contributed by atoms with Crippen LogP contribution < -0.4 is 12.4 Å². The van der Waals surface area contributed by atoms with Gasteiger partial charge in [0.1, 0.15) is 0 Å². The molecule has 0 saturated carbocycles. The molecule has 0 fully saturated rings. The summed E-state index contributed by atoms with van der Waals surface area (Å²) in [6.45, 7) is 9.61. The average molecular weight is 225 g/mol. The van der Waals surface area contributed by atoms with Crippen molar-refractivity contribution in [1.29, 1.82) is 0 Å². The van der Waals surface area contributed by atoms with E-state index in [1.54, 1.807) is 0 Å². The van der Waals surface area contributed by atoms with E-state index in [1.807, 2.05) is 0 Å². The molecule has 0 rings (SSSR count). The van der Waals surface area contributed by atoms with Crippen LogP contribution in [0.1, 0.15) is 45.4 Å². The first kappa shape index (κ1) is 16.2. The van der Waals surface area contributed by atoms with Gasteiger partial charge in [0.2, 0.25) is 0 Å². The fourth-order valence-corrected chi connectivity index (χ4v) is 2.54. The zero-order chi connectivity index (χ0) is 9.45. The van der Waals surface area contributed by atoms with E-state index in [1.165, 1.54) is 44.7 Å². The van der Waals surface area contributed by atoms with E-state index in [2.05, 4.69) is 26.9 Å². The highest BCUT2D eigenvalue weighted by atomic mass is 35.5. The van der Waals surface area contributed by atoms with Crippen LogP contribution in [0.4, 0.5) is 0 Å². The van der Waals surface area contributed by atoms with Gasteiger partial charge in [0.05, 0.1) is 6.16 Å². The van der Waals surface area contributed by atoms with Gasteiger partial charge < -0.3 is 12.4 Å². The van der Waals surface area contributed by atoms with Gasteiger partial charge in [-0.3, -0.25) is 0 Å². The Labute approximate surface area is 91.6 Å². The maximum absolute atomic E-state index is 2.44. The summed E-state index contributed by atoms with van der Waals surface area (Å²) < 4.78 is 0. The topological polar surface area (TPSA) is 0 Å². The van der Waals surface area contributed by atoms with Crippen LogP contribution >= 0.6 is 7.26 Å². The van der Waals surface area contributed by atoms with E-state index in [0.29, 0.717) is 0 Å². The molecule has 0 aliphatic carbocycles. The van der Waals surface area contributed by atoms with Gasteiger partial charge in [-0.1, -0.05) is 32.6 Å². The molecule has 0 aromatic heterocycles. The van der Waals surface area contributed by atoms with Crippen LogP contribution in [0.2, 0.25) is 0 Å². The molecule has 0 nitrogen and oxygen atoms in total. The minimum atomic E-state index is -0.471. The van der Waals surface area contributed by atoms with Crippen LogP contribution in [0.5, 0.6) is 0 Å². The largest absolute Gasteiger partial charge is 1.00 e. The van der Waals surface area contributed by atoms with Gasteiger partial charge in [-0.2, -0.15) is 0 Å². The molecular formula is C11H26ClP. The predicted octanol–water partition coefficient (Wildman–Crippen LogP) is 1.26. The Morgan fingerprint density at radius 1 is 0.769 bits per heavy atom. The summed E-state index contributed by atoms with van der Waals surface area (Å²) in [4.78, 5) is 0. The lowest BCUT2D eigenvalue weighted by Gasteiger charge is -2.10.